The van der Waals surface area contributed by atoms with Crippen LogP contribution in [-0.2, 0) is 14.8 Å². The van der Waals surface area contributed by atoms with E-state index in [0.29, 0.717) is 11.4 Å². The third kappa shape index (κ3) is 5.63. The number of nitrogens with zero attached hydrogens (tertiary/aromatic N) is 2. The van der Waals surface area contributed by atoms with Crippen molar-refractivity contribution >= 4 is 27.3 Å². The summed E-state index contributed by atoms with van der Waals surface area (Å²) >= 11 is 0. The summed E-state index contributed by atoms with van der Waals surface area (Å²) < 4.78 is 32.8. The van der Waals surface area contributed by atoms with E-state index in [4.69, 9.17) is 4.74 Å². The monoisotopic (exact) mass is 461 g/mol. The molecule has 10 heteroatoms. The second-order valence-electron chi connectivity index (χ2n) is 7.84. The van der Waals surface area contributed by atoms with Crippen LogP contribution in [0.25, 0.3) is 0 Å². The van der Waals surface area contributed by atoms with E-state index in [2.05, 4.69) is 5.32 Å². The Labute approximate surface area is 187 Å². The highest BCUT2D eigenvalue weighted by Gasteiger charge is 2.29. The van der Waals surface area contributed by atoms with E-state index in [-0.39, 0.29) is 16.6 Å². The molecule has 1 amide bonds. The van der Waals surface area contributed by atoms with E-state index in [1.807, 2.05) is 0 Å². The molecule has 1 aliphatic carbocycles. The van der Waals surface area contributed by atoms with Crippen molar-refractivity contribution in [2.24, 2.45) is 0 Å². The first-order chi connectivity index (χ1) is 15.2. The number of amides is 1. The highest BCUT2D eigenvalue weighted by Crippen LogP contribution is 2.27. The van der Waals surface area contributed by atoms with Crippen LogP contribution in [0.1, 0.15) is 39.0 Å². The maximum atomic E-state index is 12.9. The van der Waals surface area contributed by atoms with E-state index in [9.17, 15) is 23.3 Å². The highest BCUT2D eigenvalue weighted by molar-refractivity contribution is 7.89. The third-order valence-electron chi connectivity index (χ3n) is 5.62. The molecule has 172 valence electrons. The first-order valence-electron chi connectivity index (χ1n) is 10.5. The van der Waals surface area contributed by atoms with Crippen LogP contribution in [0.15, 0.2) is 53.4 Å². The molecule has 2 aromatic rings. The molecule has 32 heavy (non-hydrogen) atoms. The lowest BCUT2D eigenvalue weighted by atomic mass is 9.96. The smallest absolute Gasteiger partial charge is 0.269 e. The number of carbonyl (C=O) groups excluding carboxylic acids is 1. The number of sulfonamides is 1. The van der Waals surface area contributed by atoms with Crippen molar-refractivity contribution in [1.82, 2.24) is 4.31 Å². The lowest BCUT2D eigenvalue weighted by Gasteiger charge is -2.30. The number of anilines is 1. The average Bonchev–Trinajstić information content (AvgIpc) is 2.79. The Kier molecular flexibility index (Phi) is 7.47. The molecule has 1 saturated carbocycles. The van der Waals surface area contributed by atoms with Gasteiger partial charge in [-0.3, -0.25) is 14.9 Å². The minimum Gasteiger partial charge on any atom is -0.481 e. The van der Waals surface area contributed by atoms with Gasteiger partial charge in [0.2, 0.25) is 10.0 Å². The van der Waals surface area contributed by atoms with Crippen molar-refractivity contribution in [3.63, 3.8) is 0 Å². The summed E-state index contributed by atoms with van der Waals surface area (Å²) in [6, 6.07) is 11.5. The number of hydrogen-bond acceptors (Lipinski definition) is 6. The zero-order valence-corrected chi connectivity index (χ0v) is 18.9. The van der Waals surface area contributed by atoms with Crippen molar-refractivity contribution in [3.8, 4) is 5.75 Å². The van der Waals surface area contributed by atoms with Crippen LogP contribution in [0.5, 0.6) is 5.75 Å². The van der Waals surface area contributed by atoms with Crippen LogP contribution in [-0.4, -0.2) is 42.7 Å². The maximum absolute atomic E-state index is 12.9. The Bertz CT molecular complexity index is 1050. The average molecular weight is 462 g/mol. The Morgan fingerprint density at radius 2 is 1.69 bits per heavy atom. The predicted molar refractivity (Wildman–Crippen MR) is 120 cm³/mol. The van der Waals surface area contributed by atoms with Crippen LogP contribution in [0, 0.1) is 10.1 Å². The van der Waals surface area contributed by atoms with E-state index in [1.165, 1.54) is 52.8 Å². The number of carbonyl (C=O) groups is 1. The molecule has 0 aromatic heterocycles. The predicted octanol–water partition coefficient (Wildman–Crippen LogP) is 3.95. The number of non-ortho nitro benzene ring substituents is 1. The van der Waals surface area contributed by atoms with Crippen LogP contribution in [0.2, 0.25) is 0 Å². The van der Waals surface area contributed by atoms with Gasteiger partial charge in [0, 0.05) is 30.9 Å². The molecule has 0 radical (unpaired) electrons. The summed E-state index contributed by atoms with van der Waals surface area (Å²) in [6.45, 7) is 1.55. The van der Waals surface area contributed by atoms with Crippen molar-refractivity contribution in [1.29, 1.82) is 0 Å². The molecule has 1 unspecified atom stereocenters. The van der Waals surface area contributed by atoms with Gasteiger partial charge in [-0.25, -0.2) is 8.42 Å². The molecular weight excluding hydrogens is 434 g/mol. The van der Waals surface area contributed by atoms with Crippen LogP contribution in [0.3, 0.4) is 0 Å². The first-order valence-corrected chi connectivity index (χ1v) is 11.9. The standard InChI is InChI=1S/C22H27N3O6S/c1-16(31-20-12-10-19(11-13-20)25(27)28)22(26)23-17-8-14-21(15-9-17)32(29,30)24(2)18-6-4-3-5-7-18/h8-16,18H,3-7H2,1-2H3,(H,23,26). The Morgan fingerprint density at radius 3 is 2.25 bits per heavy atom. The Balaban J connectivity index is 1.60. The van der Waals surface area contributed by atoms with Gasteiger partial charge in [0.25, 0.3) is 11.6 Å². The van der Waals surface area contributed by atoms with Gasteiger partial charge in [-0.05, 0) is 56.2 Å². The molecule has 0 bridgehead atoms. The fourth-order valence-electron chi connectivity index (χ4n) is 3.67. The zero-order valence-electron chi connectivity index (χ0n) is 18.1. The normalized spacial score (nSPS) is 15.8. The fourth-order valence-corrected chi connectivity index (χ4v) is 5.08. The summed E-state index contributed by atoms with van der Waals surface area (Å²) in [6.07, 6.45) is 4.10. The molecule has 0 spiro atoms. The molecule has 1 N–H and O–H groups in total. The minimum absolute atomic E-state index is 0.0190. The van der Waals surface area contributed by atoms with Gasteiger partial charge >= 0.3 is 0 Å². The van der Waals surface area contributed by atoms with Gasteiger partial charge < -0.3 is 10.1 Å². The fraction of sp³-hybridized carbons (Fsp3) is 0.409. The van der Waals surface area contributed by atoms with Crippen LogP contribution < -0.4 is 10.1 Å². The molecule has 9 nitrogen and oxygen atoms in total. The Hall–Kier alpha value is -2.98. The lowest BCUT2D eigenvalue weighted by Crippen LogP contribution is -2.38. The van der Waals surface area contributed by atoms with E-state index >= 15 is 0 Å². The van der Waals surface area contributed by atoms with Gasteiger partial charge in [0.15, 0.2) is 6.10 Å². The second-order valence-corrected chi connectivity index (χ2v) is 9.84. The highest BCUT2D eigenvalue weighted by atomic mass is 32.2. The quantitative estimate of drug-likeness (QED) is 0.470. The summed E-state index contributed by atoms with van der Waals surface area (Å²) in [5.74, 6) is -0.108. The molecule has 1 atom stereocenters. The van der Waals surface area contributed by atoms with Gasteiger partial charge in [-0.1, -0.05) is 19.3 Å². The van der Waals surface area contributed by atoms with Crippen molar-refractivity contribution in [2.75, 3.05) is 12.4 Å². The SMILES string of the molecule is CC(Oc1ccc([N+](=O)[O-])cc1)C(=O)Nc1ccc(S(=O)(=O)N(C)C2CCCCC2)cc1. The molecule has 0 saturated heterocycles. The van der Waals surface area contributed by atoms with Crippen molar-refractivity contribution in [3.05, 3.63) is 58.6 Å². The minimum atomic E-state index is -3.60. The van der Waals surface area contributed by atoms with Gasteiger partial charge in [0.05, 0.1) is 9.82 Å². The van der Waals surface area contributed by atoms with E-state index < -0.39 is 27.0 Å². The maximum Gasteiger partial charge on any atom is 0.269 e. The summed E-state index contributed by atoms with van der Waals surface area (Å²) in [4.78, 5) is 22.8. The summed E-state index contributed by atoms with van der Waals surface area (Å²) in [5, 5.41) is 13.4. The molecule has 2 aromatic carbocycles. The number of nitrogens with one attached hydrogen (secondary N) is 1. The topological polar surface area (TPSA) is 119 Å². The molecular formula is C22H27N3O6S. The summed E-state index contributed by atoms with van der Waals surface area (Å²) in [5.41, 5.74) is 0.368. The first kappa shape index (κ1) is 23.7. The number of rotatable bonds is 8. The molecule has 0 heterocycles. The number of benzene rings is 2. The van der Waals surface area contributed by atoms with Gasteiger partial charge in [-0.15, -0.1) is 0 Å². The number of nitro groups is 1. The Morgan fingerprint density at radius 1 is 1.09 bits per heavy atom. The number of nitro benzene ring substituents is 1. The van der Waals surface area contributed by atoms with Crippen molar-refractivity contribution < 1.29 is 22.9 Å². The van der Waals surface area contributed by atoms with Crippen LogP contribution >= 0.6 is 0 Å². The number of hydrogen-bond donors (Lipinski definition) is 1. The van der Waals surface area contributed by atoms with Crippen LogP contribution in [0.4, 0.5) is 11.4 Å². The van der Waals surface area contributed by atoms with E-state index in [0.717, 1.165) is 32.1 Å². The lowest BCUT2D eigenvalue weighted by molar-refractivity contribution is -0.384. The zero-order chi connectivity index (χ0) is 23.3. The molecule has 3 rings (SSSR count). The van der Waals surface area contributed by atoms with Gasteiger partial charge in [0.1, 0.15) is 5.75 Å². The molecule has 1 fully saturated rings. The molecule has 0 aliphatic heterocycles. The third-order valence-corrected chi connectivity index (χ3v) is 7.54. The van der Waals surface area contributed by atoms with Crippen molar-refractivity contribution in [2.45, 2.75) is 56.1 Å². The largest absolute Gasteiger partial charge is 0.481 e. The van der Waals surface area contributed by atoms with Gasteiger partial charge in [-0.2, -0.15) is 4.31 Å². The van der Waals surface area contributed by atoms with E-state index in [1.54, 1.807) is 14.0 Å². The summed E-state index contributed by atoms with van der Waals surface area (Å²) in [7, 11) is -1.98. The number of ether oxygens (including phenoxy) is 1. The molecule has 1 aliphatic rings. The second kappa shape index (κ2) is 10.1.